The second-order valence-corrected chi connectivity index (χ2v) is 4.28. The molecule has 0 saturated heterocycles. The second kappa shape index (κ2) is 4.22. The van der Waals surface area contributed by atoms with Gasteiger partial charge in [0.15, 0.2) is 0 Å². The number of nitrogens with one attached hydrogen (secondary N) is 2. The number of aromatic nitrogens is 1. The molecule has 2 aromatic rings. The molecular formula is C14H14N2O2. The van der Waals surface area contributed by atoms with E-state index < -0.39 is 0 Å². The van der Waals surface area contributed by atoms with E-state index in [4.69, 9.17) is 0 Å². The number of methoxy groups -OCH3 is 1. The molecule has 4 heteroatoms. The number of carbonyl (C=O) groups excluding carboxylic acids is 1. The Bertz CT molecular complexity index is 640. The highest BCUT2D eigenvalue weighted by Crippen LogP contribution is 2.29. The molecule has 2 heterocycles. The van der Waals surface area contributed by atoms with Gasteiger partial charge in [0.25, 0.3) is 0 Å². The SMILES string of the molecule is COC(=O)/C=C1\NCCc2c1[nH]c1ccccc21. The van der Waals surface area contributed by atoms with Gasteiger partial charge in [0.2, 0.25) is 0 Å². The molecule has 0 fully saturated rings. The predicted octanol–water partition coefficient (Wildman–Crippen LogP) is 1.83. The van der Waals surface area contributed by atoms with Crippen LogP contribution in [0.4, 0.5) is 0 Å². The molecule has 4 nitrogen and oxygen atoms in total. The van der Waals surface area contributed by atoms with Gasteiger partial charge in [0, 0.05) is 23.5 Å². The van der Waals surface area contributed by atoms with Crippen LogP contribution in [0, 0.1) is 0 Å². The first-order chi connectivity index (χ1) is 8.79. The van der Waals surface area contributed by atoms with Crippen molar-refractivity contribution in [1.29, 1.82) is 0 Å². The molecule has 92 valence electrons. The van der Waals surface area contributed by atoms with Crippen LogP contribution in [-0.2, 0) is 16.0 Å². The summed E-state index contributed by atoms with van der Waals surface area (Å²) < 4.78 is 4.67. The summed E-state index contributed by atoms with van der Waals surface area (Å²) in [5.41, 5.74) is 4.16. The van der Waals surface area contributed by atoms with E-state index in [1.54, 1.807) is 0 Å². The van der Waals surface area contributed by atoms with Crippen LogP contribution >= 0.6 is 0 Å². The van der Waals surface area contributed by atoms with Gasteiger partial charge < -0.3 is 15.0 Å². The van der Waals surface area contributed by atoms with Crippen LogP contribution in [-0.4, -0.2) is 24.6 Å². The Morgan fingerprint density at radius 3 is 3.06 bits per heavy atom. The van der Waals surface area contributed by atoms with Crippen LogP contribution in [0.5, 0.6) is 0 Å². The first-order valence-electron chi connectivity index (χ1n) is 5.93. The van der Waals surface area contributed by atoms with Crippen LogP contribution in [0.1, 0.15) is 11.3 Å². The molecule has 1 aliphatic heterocycles. The molecule has 0 bridgehead atoms. The number of ether oxygens (including phenoxy) is 1. The Morgan fingerprint density at radius 1 is 1.39 bits per heavy atom. The lowest BCUT2D eigenvalue weighted by Gasteiger charge is -2.17. The molecule has 0 saturated carbocycles. The molecule has 0 atom stereocenters. The van der Waals surface area contributed by atoms with E-state index in [1.807, 2.05) is 18.2 Å². The molecular weight excluding hydrogens is 228 g/mol. The molecule has 2 N–H and O–H groups in total. The topological polar surface area (TPSA) is 54.1 Å². The van der Waals surface area contributed by atoms with Crippen LogP contribution in [0.25, 0.3) is 16.6 Å². The molecule has 0 aliphatic carbocycles. The number of hydrogen-bond acceptors (Lipinski definition) is 3. The van der Waals surface area contributed by atoms with Gasteiger partial charge in [0.1, 0.15) is 0 Å². The summed E-state index contributed by atoms with van der Waals surface area (Å²) in [7, 11) is 1.38. The van der Waals surface area contributed by atoms with Crippen LogP contribution in [0.3, 0.4) is 0 Å². The van der Waals surface area contributed by atoms with Gasteiger partial charge in [-0.3, -0.25) is 0 Å². The number of esters is 1. The molecule has 0 radical (unpaired) electrons. The van der Waals surface area contributed by atoms with Crippen molar-refractivity contribution >= 4 is 22.6 Å². The fraction of sp³-hybridized carbons (Fsp3) is 0.214. The lowest BCUT2D eigenvalue weighted by atomic mass is 10.0. The van der Waals surface area contributed by atoms with Gasteiger partial charge in [-0.15, -0.1) is 0 Å². The lowest BCUT2D eigenvalue weighted by Crippen LogP contribution is -2.23. The maximum Gasteiger partial charge on any atom is 0.332 e. The summed E-state index contributed by atoms with van der Waals surface area (Å²) in [6.45, 7) is 0.831. The van der Waals surface area contributed by atoms with Crippen molar-refractivity contribution in [3.8, 4) is 0 Å². The standard InChI is InChI=1S/C14H14N2O2/c1-18-13(17)8-12-14-10(6-7-15-12)9-4-2-3-5-11(9)16-14/h2-5,8,15-16H,6-7H2,1H3/b12-8-. The number of aromatic amines is 1. The maximum absolute atomic E-state index is 11.4. The highest BCUT2D eigenvalue weighted by molar-refractivity contribution is 5.95. The number of H-pyrrole nitrogens is 1. The van der Waals surface area contributed by atoms with Gasteiger partial charge in [-0.25, -0.2) is 4.79 Å². The van der Waals surface area contributed by atoms with E-state index in [-0.39, 0.29) is 5.97 Å². The smallest absolute Gasteiger partial charge is 0.332 e. The number of rotatable bonds is 1. The van der Waals surface area contributed by atoms with Crippen molar-refractivity contribution in [2.75, 3.05) is 13.7 Å². The van der Waals surface area contributed by atoms with E-state index in [0.717, 1.165) is 29.9 Å². The predicted molar refractivity (Wildman–Crippen MR) is 70.0 cm³/mol. The van der Waals surface area contributed by atoms with E-state index in [9.17, 15) is 4.79 Å². The fourth-order valence-electron chi connectivity index (χ4n) is 2.40. The zero-order valence-corrected chi connectivity index (χ0v) is 10.1. The first kappa shape index (κ1) is 10.9. The summed E-state index contributed by atoms with van der Waals surface area (Å²) in [6, 6.07) is 8.18. The Kier molecular flexibility index (Phi) is 2.55. The van der Waals surface area contributed by atoms with Crippen molar-refractivity contribution in [3.63, 3.8) is 0 Å². The minimum atomic E-state index is -0.344. The van der Waals surface area contributed by atoms with Crippen molar-refractivity contribution in [3.05, 3.63) is 41.6 Å². The quantitative estimate of drug-likeness (QED) is 0.592. The Labute approximate surface area is 105 Å². The fourth-order valence-corrected chi connectivity index (χ4v) is 2.40. The Morgan fingerprint density at radius 2 is 2.22 bits per heavy atom. The van der Waals surface area contributed by atoms with Gasteiger partial charge in [-0.2, -0.15) is 0 Å². The molecule has 18 heavy (non-hydrogen) atoms. The van der Waals surface area contributed by atoms with Crippen molar-refractivity contribution in [1.82, 2.24) is 10.3 Å². The van der Waals surface area contributed by atoms with Crippen LogP contribution in [0.2, 0.25) is 0 Å². The highest BCUT2D eigenvalue weighted by atomic mass is 16.5. The number of fused-ring (bicyclic) bond motifs is 3. The van der Waals surface area contributed by atoms with Gasteiger partial charge in [0.05, 0.1) is 18.5 Å². The van der Waals surface area contributed by atoms with Crippen molar-refractivity contribution in [2.24, 2.45) is 0 Å². The summed E-state index contributed by atoms with van der Waals surface area (Å²) in [6.07, 6.45) is 2.45. The number of benzene rings is 1. The number of carbonyl (C=O) groups is 1. The third kappa shape index (κ3) is 1.66. The zero-order valence-electron chi connectivity index (χ0n) is 10.1. The van der Waals surface area contributed by atoms with E-state index >= 15 is 0 Å². The average Bonchev–Trinajstić information content (AvgIpc) is 2.78. The van der Waals surface area contributed by atoms with Gasteiger partial charge in [-0.1, -0.05) is 18.2 Å². The van der Waals surface area contributed by atoms with Crippen LogP contribution < -0.4 is 5.32 Å². The molecule has 0 amide bonds. The van der Waals surface area contributed by atoms with E-state index in [2.05, 4.69) is 21.1 Å². The molecule has 1 aromatic heterocycles. The van der Waals surface area contributed by atoms with Gasteiger partial charge in [-0.05, 0) is 18.1 Å². The molecule has 0 spiro atoms. The monoisotopic (exact) mass is 242 g/mol. The van der Waals surface area contributed by atoms with Crippen molar-refractivity contribution < 1.29 is 9.53 Å². The lowest BCUT2D eigenvalue weighted by molar-refractivity contribution is -0.134. The number of para-hydroxylation sites is 1. The Balaban J connectivity index is 2.16. The normalized spacial score (nSPS) is 16.4. The average molecular weight is 242 g/mol. The molecule has 0 unspecified atom stereocenters. The molecule has 3 rings (SSSR count). The summed E-state index contributed by atoms with van der Waals surface area (Å²) in [4.78, 5) is 14.7. The summed E-state index contributed by atoms with van der Waals surface area (Å²) in [5.74, 6) is -0.344. The molecule has 1 aliphatic rings. The minimum Gasteiger partial charge on any atom is -0.466 e. The summed E-state index contributed by atoms with van der Waals surface area (Å²) in [5, 5.41) is 4.46. The van der Waals surface area contributed by atoms with E-state index in [1.165, 1.54) is 24.1 Å². The second-order valence-electron chi connectivity index (χ2n) is 4.28. The zero-order chi connectivity index (χ0) is 12.5. The first-order valence-corrected chi connectivity index (χ1v) is 5.93. The number of hydrogen-bond donors (Lipinski definition) is 2. The van der Waals surface area contributed by atoms with Crippen molar-refractivity contribution in [2.45, 2.75) is 6.42 Å². The largest absolute Gasteiger partial charge is 0.466 e. The third-order valence-electron chi connectivity index (χ3n) is 3.24. The van der Waals surface area contributed by atoms with Crippen LogP contribution in [0.15, 0.2) is 30.3 Å². The highest BCUT2D eigenvalue weighted by Gasteiger charge is 2.19. The van der Waals surface area contributed by atoms with Gasteiger partial charge >= 0.3 is 5.97 Å². The third-order valence-corrected chi connectivity index (χ3v) is 3.24. The Hall–Kier alpha value is -2.23. The van der Waals surface area contributed by atoms with E-state index in [0.29, 0.717) is 0 Å². The molecule has 1 aromatic carbocycles. The summed E-state index contributed by atoms with van der Waals surface area (Å²) >= 11 is 0. The maximum atomic E-state index is 11.4. The minimum absolute atomic E-state index is 0.344.